The number of aldehydes is 1. The molecule has 0 saturated carbocycles. The van der Waals surface area contributed by atoms with E-state index in [0.717, 1.165) is 23.2 Å². The zero-order valence-electron chi connectivity index (χ0n) is 9.00. The minimum absolute atomic E-state index is 0.103. The Morgan fingerprint density at radius 1 is 1.53 bits per heavy atom. The summed E-state index contributed by atoms with van der Waals surface area (Å²) in [7, 11) is 0. The highest BCUT2D eigenvalue weighted by Crippen LogP contribution is 2.25. The Labute approximate surface area is 95.2 Å². The van der Waals surface area contributed by atoms with Crippen LogP contribution in [0.4, 0.5) is 0 Å². The first-order valence-electron chi connectivity index (χ1n) is 4.99. The molecule has 1 atom stereocenters. The van der Waals surface area contributed by atoms with E-state index >= 15 is 0 Å². The molecule has 1 rings (SSSR count). The first kappa shape index (κ1) is 12.1. The average Bonchev–Trinajstić information content (AvgIpc) is 2.28. The van der Waals surface area contributed by atoms with Crippen LogP contribution in [0.3, 0.4) is 0 Å². The van der Waals surface area contributed by atoms with Crippen molar-refractivity contribution in [2.24, 2.45) is 0 Å². The summed E-state index contributed by atoms with van der Waals surface area (Å²) in [5.74, 6) is 1.10. The number of carbonyl (C=O) groups excluding carboxylic acids is 1. The lowest BCUT2D eigenvalue weighted by atomic mass is 10.0. The molecule has 0 aliphatic carbocycles. The van der Waals surface area contributed by atoms with Crippen LogP contribution >= 0.6 is 11.6 Å². The van der Waals surface area contributed by atoms with Crippen molar-refractivity contribution in [3.8, 4) is 5.75 Å². The van der Waals surface area contributed by atoms with Gasteiger partial charge in [-0.15, -0.1) is 11.6 Å². The first-order chi connectivity index (χ1) is 7.22. The van der Waals surface area contributed by atoms with E-state index in [1.54, 1.807) is 0 Å². The molecule has 0 N–H and O–H groups in total. The quantitative estimate of drug-likeness (QED) is 0.570. The minimum Gasteiger partial charge on any atom is -0.494 e. The van der Waals surface area contributed by atoms with Crippen molar-refractivity contribution in [3.05, 3.63) is 29.3 Å². The van der Waals surface area contributed by atoms with Gasteiger partial charge in [-0.3, -0.25) is 0 Å². The molecule has 0 aliphatic heterocycles. The van der Waals surface area contributed by atoms with E-state index in [-0.39, 0.29) is 5.92 Å². The van der Waals surface area contributed by atoms with Gasteiger partial charge in [0.05, 0.1) is 12.5 Å². The van der Waals surface area contributed by atoms with Gasteiger partial charge in [0, 0.05) is 11.5 Å². The third-order valence-electron chi connectivity index (χ3n) is 2.26. The second-order valence-electron chi connectivity index (χ2n) is 3.36. The number of rotatable bonds is 5. The number of ether oxygens (including phenoxy) is 1. The van der Waals surface area contributed by atoms with E-state index in [1.807, 2.05) is 32.0 Å². The third-order valence-corrected chi connectivity index (χ3v) is 2.55. The number of hydrogen-bond donors (Lipinski definition) is 0. The molecule has 0 amide bonds. The smallest absolute Gasteiger partial charge is 0.127 e. The third kappa shape index (κ3) is 2.96. The second-order valence-corrected chi connectivity index (χ2v) is 3.63. The van der Waals surface area contributed by atoms with Gasteiger partial charge in [-0.1, -0.05) is 19.1 Å². The molecule has 15 heavy (non-hydrogen) atoms. The van der Waals surface area contributed by atoms with Gasteiger partial charge in [-0.2, -0.15) is 0 Å². The number of alkyl halides is 1. The summed E-state index contributed by atoms with van der Waals surface area (Å²) < 4.78 is 5.46. The van der Waals surface area contributed by atoms with Crippen LogP contribution in [0.5, 0.6) is 5.75 Å². The van der Waals surface area contributed by atoms with E-state index < -0.39 is 0 Å². The Hall–Kier alpha value is -1.02. The van der Waals surface area contributed by atoms with Crippen LogP contribution in [0.25, 0.3) is 0 Å². The minimum atomic E-state index is -0.103. The molecule has 82 valence electrons. The van der Waals surface area contributed by atoms with Crippen LogP contribution in [0, 0.1) is 0 Å². The predicted molar refractivity (Wildman–Crippen MR) is 61.6 cm³/mol. The highest BCUT2D eigenvalue weighted by Gasteiger charge is 2.08. The lowest BCUT2D eigenvalue weighted by Gasteiger charge is -2.11. The fourth-order valence-electron chi connectivity index (χ4n) is 1.33. The van der Waals surface area contributed by atoms with E-state index in [1.165, 1.54) is 0 Å². The summed E-state index contributed by atoms with van der Waals surface area (Å²) in [5, 5.41) is 0. The zero-order chi connectivity index (χ0) is 11.3. The van der Waals surface area contributed by atoms with Gasteiger partial charge in [0.15, 0.2) is 0 Å². The Morgan fingerprint density at radius 2 is 2.27 bits per heavy atom. The van der Waals surface area contributed by atoms with Crippen LogP contribution in [0.15, 0.2) is 18.2 Å². The Morgan fingerprint density at radius 3 is 2.80 bits per heavy atom. The van der Waals surface area contributed by atoms with Gasteiger partial charge in [-0.05, 0) is 18.6 Å². The molecule has 0 fully saturated rings. The molecule has 1 unspecified atom stereocenters. The molecule has 2 nitrogen and oxygen atoms in total. The fourth-order valence-corrected chi connectivity index (χ4v) is 1.55. The van der Waals surface area contributed by atoms with E-state index in [4.69, 9.17) is 16.3 Å². The van der Waals surface area contributed by atoms with Crippen LogP contribution in [-0.2, 0) is 10.7 Å². The summed E-state index contributed by atoms with van der Waals surface area (Å²) in [4.78, 5) is 10.7. The van der Waals surface area contributed by atoms with Crippen molar-refractivity contribution in [3.63, 3.8) is 0 Å². The molecule has 0 aromatic heterocycles. The van der Waals surface area contributed by atoms with E-state index in [2.05, 4.69) is 0 Å². The summed E-state index contributed by atoms with van der Waals surface area (Å²) >= 11 is 5.78. The normalized spacial score (nSPS) is 12.2. The second kappa shape index (κ2) is 5.76. The molecule has 3 heteroatoms. The van der Waals surface area contributed by atoms with Crippen molar-refractivity contribution < 1.29 is 9.53 Å². The van der Waals surface area contributed by atoms with Crippen LogP contribution in [0.2, 0.25) is 0 Å². The lowest BCUT2D eigenvalue weighted by Crippen LogP contribution is -1.99. The highest BCUT2D eigenvalue weighted by atomic mass is 35.5. The molecule has 0 spiro atoms. The number of carbonyl (C=O) groups is 1. The van der Waals surface area contributed by atoms with E-state index in [9.17, 15) is 4.79 Å². The van der Waals surface area contributed by atoms with E-state index in [0.29, 0.717) is 12.5 Å². The molecule has 1 aromatic rings. The van der Waals surface area contributed by atoms with Crippen molar-refractivity contribution in [1.29, 1.82) is 0 Å². The molecule has 0 aliphatic rings. The summed E-state index contributed by atoms with van der Waals surface area (Å²) in [6.07, 6.45) is 0.922. The van der Waals surface area contributed by atoms with Gasteiger partial charge in [-0.25, -0.2) is 0 Å². The maximum atomic E-state index is 10.7. The standard InChI is InChI=1S/C12H15ClO2/c1-3-15-12-6-10(9(2)8-14)4-5-11(12)7-13/h4-6,8-9H,3,7H2,1-2H3. The molecule has 0 saturated heterocycles. The predicted octanol–water partition coefficient (Wildman–Crippen LogP) is 3.13. The highest BCUT2D eigenvalue weighted by molar-refractivity contribution is 6.17. The number of hydrogen-bond acceptors (Lipinski definition) is 2. The SMILES string of the molecule is CCOc1cc(C(C)C=O)ccc1CCl. The van der Waals surface area contributed by atoms with Crippen molar-refractivity contribution in [2.75, 3.05) is 6.61 Å². The largest absolute Gasteiger partial charge is 0.494 e. The van der Waals surface area contributed by atoms with Gasteiger partial charge in [0.25, 0.3) is 0 Å². The zero-order valence-corrected chi connectivity index (χ0v) is 9.75. The average molecular weight is 227 g/mol. The van der Waals surface area contributed by atoms with Crippen LogP contribution in [-0.4, -0.2) is 12.9 Å². The fraction of sp³-hybridized carbons (Fsp3) is 0.417. The summed E-state index contributed by atoms with van der Waals surface area (Å²) in [6, 6.07) is 5.72. The molecule has 0 radical (unpaired) electrons. The first-order valence-corrected chi connectivity index (χ1v) is 5.53. The topological polar surface area (TPSA) is 26.3 Å². The molecule has 0 bridgehead atoms. The molecular weight excluding hydrogens is 212 g/mol. The van der Waals surface area contributed by atoms with Crippen LogP contribution in [0.1, 0.15) is 30.9 Å². The summed E-state index contributed by atoms with van der Waals surface area (Å²) in [5.41, 5.74) is 1.92. The molecule has 1 aromatic carbocycles. The molecule has 0 heterocycles. The monoisotopic (exact) mass is 226 g/mol. The maximum absolute atomic E-state index is 10.7. The molecular formula is C12H15ClO2. The van der Waals surface area contributed by atoms with Crippen molar-refractivity contribution in [1.82, 2.24) is 0 Å². The Bertz CT molecular complexity index is 336. The Balaban J connectivity index is 3.03. The van der Waals surface area contributed by atoms with Gasteiger partial charge in [0.1, 0.15) is 12.0 Å². The van der Waals surface area contributed by atoms with Gasteiger partial charge in [0.2, 0.25) is 0 Å². The maximum Gasteiger partial charge on any atom is 0.127 e. The summed E-state index contributed by atoms with van der Waals surface area (Å²) in [6.45, 7) is 4.38. The van der Waals surface area contributed by atoms with Crippen molar-refractivity contribution in [2.45, 2.75) is 25.6 Å². The van der Waals surface area contributed by atoms with Gasteiger partial charge < -0.3 is 9.53 Å². The van der Waals surface area contributed by atoms with Crippen LogP contribution < -0.4 is 4.74 Å². The van der Waals surface area contributed by atoms with Gasteiger partial charge >= 0.3 is 0 Å². The lowest BCUT2D eigenvalue weighted by molar-refractivity contribution is -0.108. The Kier molecular flexibility index (Phi) is 4.63. The number of halogens is 1. The van der Waals surface area contributed by atoms with Crippen molar-refractivity contribution >= 4 is 17.9 Å². The number of benzene rings is 1.